The third kappa shape index (κ3) is 4.72. The van der Waals surface area contributed by atoms with Gasteiger partial charge in [0.2, 0.25) is 11.9 Å². The van der Waals surface area contributed by atoms with E-state index in [9.17, 15) is 9.59 Å². The molecule has 2 aromatic rings. The van der Waals surface area contributed by atoms with Crippen molar-refractivity contribution >= 4 is 29.6 Å². The molecule has 1 saturated heterocycles. The molecule has 29 heavy (non-hydrogen) atoms. The van der Waals surface area contributed by atoms with E-state index in [1.807, 2.05) is 23.6 Å². The summed E-state index contributed by atoms with van der Waals surface area (Å²) in [5, 5.41) is 14.1. The number of aryl methyl sites for hydroxylation is 1. The first-order valence-corrected chi connectivity index (χ1v) is 10.9. The average molecular weight is 415 g/mol. The van der Waals surface area contributed by atoms with Crippen LogP contribution in [0.2, 0.25) is 0 Å². The Morgan fingerprint density at radius 2 is 1.83 bits per heavy atom. The van der Waals surface area contributed by atoms with Crippen molar-refractivity contribution in [2.45, 2.75) is 56.0 Å². The van der Waals surface area contributed by atoms with Gasteiger partial charge >= 0.3 is 6.03 Å². The van der Waals surface area contributed by atoms with Gasteiger partial charge in [0.05, 0.1) is 10.9 Å². The molecule has 154 valence electrons. The van der Waals surface area contributed by atoms with Crippen LogP contribution in [0.1, 0.15) is 38.2 Å². The molecule has 1 unspecified atom stereocenters. The van der Waals surface area contributed by atoms with Crippen molar-refractivity contribution in [3.8, 4) is 5.69 Å². The van der Waals surface area contributed by atoms with Crippen molar-refractivity contribution in [2.75, 3.05) is 18.0 Å². The van der Waals surface area contributed by atoms with E-state index < -0.39 is 11.3 Å². The number of aromatic nitrogens is 3. The summed E-state index contributed by atoms with van der Waals surface area (Å²) in [6.45, 7) is 5.72. The van der Waals surface area contributed by atoms with Gasteiger partial charge in [-0.05, 0) is 51.7 Å². The van der Waals surface area contributed by atoms with Crippen molar-refractivity contribution in [1.29, 1.82) is 0 Å². The van der Waals surface area contributed by atoms with Gasteiger partial charge in [-0.2, -0.15) is 0 Å². The molecule has 1 aromatic carbocycles. The molecule has 2 heterocycles. The third-order valence-electron chi connectivity index (χ3n) is 5.10. The molecular weight excluding hydrogens is 388 g/mol. The van der Waals surface area contributed by atoms with Crippen molar-refractivity contribution in [2.24, 2.45) is 0 Å². The van der Waals surface area contributed by atoms with E-state index in [4.69, 9.17) is 0 Å². The maximum Gasteiger partial charge on any atom is 0.321 e. The Balaban J connectivity index is 1.53. The van der Waals surface area contributed by atoms with E-state index in [1.165, 1.54) is 17.3 Å². The number of nitrogens with one attached hydrogen (secondary N) is 2. The Kier molecular flexibility index (Phi) is 5.75. The molecule has 1 atom stereocenters. The van der Waals surface area contributed by atoms with Crippen molar-refractivity contribution in [3.05, 3.63) is 29.8 Å². The molecule has 9 heteroatoms. The van der Waals surface area contributed by atoms with Crippen LogP contribution in [0.4, 0.5) is 10.7 Å². The highest BCUT2D eigenvalue weighted by molar-refractivity contribution is 8.00. The molecule has 2 N–H and O–H groups in total. The van der Waals surface area contributed by atoms with Gasteiger partial charge in [0.25, 0.3) is 0 Å². The summed E-state index contributed by atoms with van der Waals surface area (Å²) in [6, 6.07) is 7.96. The highest BCUT2D eigenvalue weighted by Crippen LogP contribution is 2.30. The largest absolute Gasteiger partial charge is 0.341 e. The van der Waals surface area contributed by atoms with E-state index in [1.54, 1.807) is 6.92 Å². The molecule has 8 nitrogen and oxygen atoms in total. The maximum atomic E-state index is 12.5. The minimum absolute atomic E-state index is 0.207. The molecule has 0 radical (unpaired) electrons. The van der Waals surface area contributed by atoms with Gasteiger partial charge < -0.3 is 10.2 Å². The fourth-order valence-corrected chi connectivity index (χ4v) is 4.12. The van der Waals surface area contributed by atoms with Crippen LogP contribution in [0.25, 0.3) is 5.69 Å². The van der Waals surface area contributed by atoms with Crippen molar-refractivity contribution in [1.82, 2.24) is 25.4 Å². The smallest absolute Gasteiger partial charge is 0.321 e. The minimum atomic E-state index is -0.486. The normalized spacial score (nSPS) is 17.2. The number of anilines is 1. The highest BCUT2D eigenvalue weighted by Gasteiger charge is 2.27. The number of hydrogen-bond acceptors (Lipinski definition) is 6. The monoisotopic (exact) mass is 414 g/mol. The molecule has 1 aromatic heterocycles. The van der Waals surface area contributed by atoms with Crippen LogP contribution >= 0.6 is 11.8 Å². The zero-order chi connectivity index (χ0) is 20.4. The Morgan fingerprint density at radius 1 is 1.14 bits per heavy atom. The molecule has 0 spiro atoms. The Labute approximate surface area is 174 Å². The van der Waals surface area contributed by atoms with Crippen molar-refractivity contribution < 1.29 is 9.59 Å². The standard InChI is InChI=1S/C20H26N6O2S/c1-13-5-9-16(10-6-13)26-19(25-11-3-4-12-25)23-24-20(26)29-14(2)17(27)22-18(28)21-15-7-8-15/h5-6,9-10,14-15H,3-4,7-8,11-12H2,1-2H3,(H2,21,22,27,28). The summed E-state index contributed by atoms with van der Waals surface area (Å²) < 4.78 is 2.00. The number of urea groups is 1. The molecule has 0 bridgehead atoms. The van der Waals surface area contributed by atoms with Gasteiger partial charge in [-0.1, -0.05) is 29.5 Å². The second-order valence-electron chi connectivity index (χ2n) is 7.64. The second-order valence-corrected chi connectivity index (χ2v) is 8.95. The van der Waals surface area contributed by atoms with Crippen LogP contribution in [0.15, 0.2) is 29.4 Å². The lowest BCUT2D eigenvalue weighted by atomic mass is 10.2. The Hall–Kier alpha value is -2.55. The first-order chi connectivity index (χ1) is 14.0. The quantitative estimate of drug-likeness (QED) is 0.706. The van der Waals surface area contributed by atoms with Crippen LogP contribution in [0.3, 0.4) is 0 Å². The number of amides is 3. The van der Waals surface area contributed by atoms with Crippen LogP contribution < -0.4 is 15.5 Å². The lowest BCUT2D eigenvalue weighted by Crippen LogP contribution is -2.43. The summed E-state index contributed by atoms with van der Waals surface area (Å²) in [5.41, 5.74) is 2.14. The fraction of sp³-hybridized carbons (Fsp3) is 0.500. The molecule has 2 aliphatic rings. The number of carbonyl (C=O) groups is 2. The number of imide groups is 1. The molecule has 1 aliphatic heterocycles. The van der Waals surface area contributed by atoms with Gasteiger partial charge in [-0.3, -0.25) is 14.7 Å². The summed E-state index contributed by atoms with van der Waals surface area (Å²) in [6.07, 6.45) is 4.23. The number of rotatable bonds is 6. The zero-order valence-corrected chi connectivity index (χ0v) is 17.5. The summed E-state index contributed by atoms with van der Waals surface area (Å²) in [7, 11) is 0. The van der Waals surface area contributed by atoms with Crippen LogP contribution in [-0.2, 0) is 4.79 Å². The molecule has 1 saturated carbocycles. The van der Waals surface area contributed by atoms with Gasteiger partial charge in [-0.15, -0.1) is 10.2 Å². The Bertz CT molecular complexity index is 887. The fourth-order valence-electron chi connectivity index (χ4n) is 3.25. The predicted octanol–water partition coefficient (Wildman–Crippen LogP) is 2.64. The Morgan fingerprint density at radius 3 is 2.48 bits per heavy atom. The van der Waals surface area contributed by atoms with Crippen LogP contribution in [0, 0.1) is 6.92 Å². The lowest BCUT2D eigenvalue weighted by Gasteiger charge is -2.19. The minimum Gasteiger partial charge on any atom is -0.341 e. The number of nitrogens with zero attached hydrogens (tertiary/aromatic N) is 4. The van der Waals surface area contributed by atoms with Crippen LogP contribution in [-0.4, -0.2) is 51.1 Å². The second kappa shape index (κ2) is 8.44. The summed E-state index contributed by atoms with van der Waals surface area (Å²) in [5.74, 6) is 0.460. The van der Waals surface area contributed by atoms with E-state index in [0.717, 1.165) is 50.4 Å². The third-order valence-corrected chi connectivity index (χ3v) is 6.14. The molecule has 3 amide bonds. The number of hydrogen-bond donors (Lipinski definition) is 2. The molecule has 2 fully saturated rings. The summed E-state index contributed by atoms with van der Waals surface area (Å²) in [4.78, 5) is 26.5. The van der Waals surface area contributed by atoms with E-state index in [-0.39, 0.29) is 11.9 Å². The number of carbonyl (C=O) groups excluding carboxylic acids is 2. The van der Waals surface area contributed by atoms with Gasteiger partial charge in [-0.25, -0.2) is 4.79 Å². The zero-order valence-electron chi connectivity index (χ0n) is 16.7. The van der Waals surface area contributed by atoms with Crippen LogP contribution in [0.5, 0.6) is 0 Å². The van der Waals surface area contributed by atoms with E-state index >= 15 is 0 Å². The molecule has 1 aliphatic carbocycles. The first-order valence-electron chi connectivity index (χ1n) is 10.1. The molecule has 4 rings (SSSR count). The average Bonchev–Trinajstić information content (AvgIpc) is 3.18. The summed E-state index contributed by atoms with van der Waals surface area (Å²) >= 11 is 1.30. The SMILES string of the molecule is Cc1ccc(-n2c(SC(C)C(=O)NC(=O)NC3CC3)nnc2N2CCCC2)cc1. The topological polar surface area (TPSA) is 92.2 Å². The van der Waals surface area contributed by atoms with E-state index in [0.29, 0.717) is 5.16 Å². The van der Waals surface area contributed by atoms with E-state index in [2.05, 4.69) is 37.9 Å². The lowest BCUT2D eigenvalue weighted by molar-refractivity contribution is -0.119. The van der Waals surface area contributed by atoms with Gasteiger partial charge in [0, 0.05) is 19.1 Å². The predicted molar refractivity (Wildman–Crippen MR) is 113 cm³/mol. The molecular formula is C20H26N6O2S. The number of benzene rings is 1. The first kappa shape index (κ1) is 19.8. The highest BCUT2D eigenvalue weighted by atomic mass is 32.2. The van der Waals surface area contributed by atoms with Gasteiger partial charge in [0.15, 0.2) is 5.16 Å². The number of thioether (sulfide) groups is 1. The van der Waals surface area contributed by atoms with Crippen molar-refractivity contribution in [3.63, 3.8) is 0 Å². The van der Waals surface area contributed by atoms with Gasteiger partial charge in [0.1, 0.15) is 0 Å². The maximum absolute atomic E-state index is 12.5.